The molecule has 0 bridgehead atoms. The number of sulfonamides is 1. The summed E-state index contributed by atoms with van der Waals surface area (Å²) >= 11 is 0. The summed E-state index contributed by atoms with van der Waals surface area (Å²) in [5.41, 5.74) is 2.39. The highest BCUT2D eigenvalue weighted by atomic mass is 32.2. The molecule has 2 aromatic heterocycles. The molecule has 0 unspecified atom stereocenters. The van der Waals surface area contributed by atoms with E-state index in [9.17, 15) is 8.42 Å². The second-order valence-corrected chi connectivity index (χ2v) is 9.43. The van der Waals surface area contributed by atoms with Crippen LogP contribution in [-0.2, 0) is 15.8 Å². The SMILES string of the molecule is Cc1nc(NC2CCN(S(=O)(=O)Cc3ccccc3)CC2)cc(-c2ccccn2)n1. The molecule has 1 aliphatic heterocycles. The van der Waals surface area contributed by atoms with Gasteiger partial charge in [0.25, 0.3) is 0 Å². The lowest BCUT2D eigenvalue weighted by molar-refractivity contribution is 0.329. The molecule has 30 heavy (non-hydrogen) atoms. The maximum atomic E-state index is 12.7. The van der Waals surface area contributed by atoms with Gasteiger partial charge in [0.1, 0.15) is 11.6 Å². The van der Waals surface area contributed by atoms with Crippen molar-refractivity contribution < 1.29 is 8.42 Å². The van der Waals surface area contributed by atoms with Gasteiger partial charge in [-0.2, -0.15) is 0 Å². The van der Waals surface area contributed by atoms with Gasteiger partial charge < -0.3 is 5.32 Å². The fourth-order valence-electron chi connectivity index (χ4n) is 3.65. The summed E-state index contributed by atoms with van der Waals surface area (Å²) in [6, 6.07) is 17.1. The first kappa shape index (κ1) is 20.4. The fraction of sp³-hybridized carbons (Fsp3) is 0.318. The van der Waals surface area contributed by atoms with Crippen molar-refractivity contribution in [3.05, 3.63) is 72.2 Å². The predicted octanol–water partition coefficient (Wildman–Crippen LogP) is 3.25. The standard InChI is InChI=1S/C22H25N5O2S/c1-17-24-21(20-9-5-6-12-23-20)15-22(25-17)26-19-10-13-27(14-11-19)30(28,29)16-18-7-3-2-4-8-18/h2-9,12,15,19H,10-11,13-14,16H2,1H3,(H,24,25,26). The van der Waals surface area contributed by atoms with Gasteiger partial charge in [0.15, 0.2) is 0 Å². The number of piperidine rings is 1. The minimum atomic E-state index is -3.31. The number of nitrogens with one attached hydrogen (secondary N) is 1. The van der Waals surface area contributed by atoms with Crippen molar-refractivity contribution in [3.63, 3.8) is 0 Å². The summed E-state index contributed by atoms with van der Waals surface area (Å²) in [6.45, 7) is 2.87. The normalized spacial score (nSPS) is 15.8. The predicted molar refractivity (Wildman–Crippen MR) is 117 cm³/mol. The summed E-state index contributed by atoms with van der Waals surface area (Å²) in [4.78, 5) is 13.3. The van der Waals surface area contributed by atoms with Gasteiger partial charge in [-0.25, -0.2) is 22.7 Å². The summed E-state index contributed by atoms with van der Waals surface area (Å²) in [5.74, 6) is 1.46. The highest BCUT2D eigenvalue weighted by Crippen LogP contribution is 2.22. The van der Waals surface area contributed by atoms with Crippen LogP contribution in [0, 0.1) is 6.92 Å². The fourth-order valence-corrected chi connectivity index (χ4v) is 5.21. The van der Waals surface area contributed by atoms with E-state index in [1.165, 1.54) is 0 Å². The van der Waals surface area contributed by atoms with Gasteiger partial charge in [0, 0.05) is 31.4 Å². The molecule has 0 atom stereocenters. The van der Waals surface area contributed by atoms with Gasteiger partial charge in [-0.1, -0.05) is 36.4 Å². The Balaban J connectivity index is 1.39. The Bertz CT molecular complexity index is 1080. The molecule has 8 heteroatoms. The molecule has 1 aliphatic rings. The molecule has 0 saturated carbocycles. The van der Waals surface area contributed by atoms with Crippen LogP contribution in [0.4, 0.5) is 5.82 Å². The number of aryl methyl sites for hydroxylation is 1. The number of pyridine rings is 1. The van der Waals surface area contributed by atoms with Gasteiger partial charge >= 0.3 is 0 Å². The molecule has 7 nitrogen and oxygen atoms in total. The Labute approximate surface area is 177 Å². The molecular formula is C22H25N5O2S. The topological polar surface area (TPSA) is 88.1 Å². The molecule has 1 aromatic carbocycles. The van der Waals surface area contributed by atoms with Gasteiger partial charge in [-0.05, 0) is 37.5 Å². The number of hydrogen-bond acceptors (Lipinski definition) is 6. The van der Waals surface area contributed by atoms with Crippen molar-refractivity contribution in [2.24, 2.45) is 0 Å². The van der Waals surface area contributed by atoms with E-state index in [1.54, 1.807) is 10.5 Å². The summed E-state index contributed by atoms with van der Waals surface area (Å²) in [6.07, 6.45) is 3.21. The monoisotopic (exact) mass is 423 g/mol. The van der Waals surface area contributed by atoms with Crippen molar-refractivity contribution in [1.82, 2.24) is 19.3 Å². The zero-order valence-electron chi connectivity index (χ0n) is 16.9. The first-order chi connectivity index (χ1) is 14.5. The van der Waals surface area contributed by atoms with Gasteiger partial charge in [-0.15, -0.1) is 0 Å². The van der Waals surface area contributed by atoms with Crippen LogP contribution in [0.15, 0.2) is 60.8 Å². The largest absolute Gasteiger partial charge is 0.367 e. The summed E-state index contributed by atoms with van der Waals surface area (Å²) in [5, 5.41) is 3.45. The third kappa shape index (κ3) is 5.01. The van der Waals surface area contributed by atoms with Crippen LogP contribution in [0.25, 0.3) is 11.4 Å². The molecule has 1 fully saturated rings. The third-order valence-electron chi connectivity index (χ3n) is 5.16. The number of benzene rings is 1. The number of hydrogen-bond donors (Lipinski definition) is 1. The van der Waals surface area contributed by atoms with Crippen LogP contribution >= 0.6 is 0 Å². The Morgan fingerprint density at radius 2 is 1.73 bits per heavy atom. The van der Waals surface area contributed by atoms with Crippen molar-refractivity contribution in [3.8, 4) is 11.4 Å². The third-order valence-corrected chi connectivity index (χ3v) is 7.01. The van der Waals surface area contributed by atoms with E-state index in [-0.39, 0.29) is 11.8 Å². The van der Waals surface area contributed by atoms with Crippen molar-refractivity contribution in [1.29, 1.82) is 0 Å². The number of aromatic nitrogens is 3. The van der Waals surface area contributed by atoms with E-state index in [2.05, 4.69) is 20.3 Å². The number of nitrogens with zero attached hydrogens (tertiary/aromatic N) is 4. The second kappa shape index (κ2) is 8.89. The average molecular weight is 424 g/mol. The first-order valence-corrected chi connectivity index (χ1v) is 11.7. The maximum absolute atomic E-state index is 12.7. The van der Waals surface area contributed by atoms with Crippen LogP contribution in [0.5, 0.6) is 0 Å². The van der Waals surface area contributed by atoms with Crippen molar-refractivity contribution in [2.75, 3.05) is 18.4 Å². The smallest absolute Gasteiger partial charge is 0.218 e. The molecule has 3 heterocycles. The minimum Gasteiger partial charge on any atom is -0.367 e. The lowest BCUT2D eigenvalue weighted by atomic mass is 10.1. The Kier molecular flexibility index (Phi) is 6.06. The highest BCUT2D eigenvalue weighted by molar-refractivity contribution is 7.88. The first-order valence-electron chi connectivity index (χ1n) is 10.0. The van der Waals surface area contributed by atoms with E-state index in [0.717, 1.165) is 35.6 Å². The van der Waals surface area contributed by atoms with Gasteiger partial charge in [-0.3, -0.25) is 4.98 Å². The van der Waals surface area contributed by atoms with Gasteiger partial charge in [0.2, 0.25) is 10.0 Å². The molecule has 156 valence electrons. The minimum absolute atomic E-state index is 0.0461. The quantitative estimate of drug-likeness (QED) is 0.655. The lowest BCUT2D eigenvalue weighted by Crippen LogP contribution is -2.42. The van der Waals surface area contributed by atoms with Crippen LogP contribution in [-0.4, -0.2) is 46.8 Å². The molecule has 1 N–H and O–H groups in total. The van der Waals surface area contributed by atoms with E-state index < -0.39 is 10.0 Å². The summed E-state index contributed by atoms with van der Waals surface area (Å²) < 4.78 is 27.1. The number of rotatable bonds is 6. The van der Waals surface area contributed by atoms with Crippen molar-refractivity contribution in [2.45, 2.75) is 31.6 Å². The Hall–Kier alpha value is -2.84. The highest BCUT2D eigenvalue weighted by Gasteiger charge is 2.28. The molecular weight excluding hydrogens is 398 g/mol. The zero-order chi connectivity index (χ0) is 21.0. The lowest BCUT2D eigenvalue weighted by Gasteiger charge is -2.32. The van der Waals surface area contributed by atoms with Crippen LogP contribution in [0.2, 0.25) is 0 Å². The molecule has 4 rings (SSSR count). The van der Waals surface area contributed by atoms with E-state index >= 15 is 0 Å². The molecule has 0 aliphatic carbocycles. The van der Waals surface area contributed by atoms with E-state index in [4.69, 9.17) is 0 Å². The Morgan fingerprint density at radius 1 is 1.00 bits per heavy atom. The van der Waals surface area contributed by atoms with Crippen LogP contribution in [0.1, 0.15) is 24.2 Å². The van der Waals surface area contributed by atoms with Crippen LogP contribution < -0.4 is 5.32 Å². The van der Waals surface area contributed by atoms with Crippen LogP contribution in [0.3, 0.4) is 0 Å². The zero-order valence-corrected chi connectivity index (χ0v) is 17.7. The maximum Gasteiger partial charge on any atom is 0.218 e. The molecule has 3 aromatic rings. The van der Waals surface area contributed by atoms with E-state index in [1.807, 2.05) is 61.5 Å². The second-order valence-electron chi connectivity index (χ2n) is 7.46. The average Bonchev–Trinajstić information content (AvgIpc) is 2.75. The summed E-state index contributed by atoms with van der Waals surface area (Å²) in [7, 11) is -3.31. The van der Waals surface area contributed by atoms with Crippen molar-refractivity contribution >= 4 is 15.8 Å². The molecule has 1 saturated heterocycles. The van der Waals surface area contributed by atoms with Gasteiger partial charge in [0.05, 0.1) is 17.1 Å². The molecule has 0 amide bonds. The Morgan fingerprint density at radius 3 is 2.43 bits per heavy atom. The number of anilines is 1. The molecule has 0 radical (unpaired) electrons. The molecule has 0 spiro atoms. The van der Waals surface area contributed by atoms with E-state index in [0.29, 0.717) is 18.9 Å².